The molecular formula is C9H16O2. The summed E-state index contributed by atoms with van der Waals surface area (Å²) in [6.45, 7) is 3.57. The molecule has 0 amide bonds. The van der Waals surface area contributed by atoms with Crippen molar-refractivity contribution < 1.29 is 9.90 Å². The molecule has 0 aromatic heterocycles. The van der Waals surface area contributed by atoms with Gasteiger partial charge < -0.3 is 5.11 Å². The predicted octanol–water partition coefficient (Wildman–Crippen LogP) is 1.52. The molecule has 11 heavy (non-hydrogen) atoms. The number of carbonyl (C=O) groups excluding carboxylic acids is 1. The normalized spacial score (nSPS) is 38.6. The number of ketones is 1. The van der Waals surface area contributed by atoms with Gasteiger partial charge in [-0.05, 0) is 32.1 Å². The molecule has 0 bridgehead atoms. The van der Waals surface area contributed by atoms with Crippen LogP contribution in [0.15, 0.2) is 0 Å². The van der Waals surface area contributed by atoms with E-state index in [1.165, 1.54) is 6.92 Å². The largest absolute Gasteiger partial charge is 0.382 e. The Morgan fingerprint density at radius 3 is 2.64 bits per heavy atom. The third-order valence-electron chi connectivity index (χ3n) is 2.63. The quantitative estimate of drug-likeness (QED) is 0.625. The minimum absolute atomic E-state index is 0.0657. The zero-order chi connectivity index (χ0) is 8.48. The predicted molar refractivity (Wildman–Crippen MR) is 43.3 cm³/mol. The molecule has 1 fully saturated rings. The minimum atomic E-state index is -0.988. The Labute approximate surface area is 67.6 Å². The third kappa shape index (κ3) is 1.80. The molecule has 2 atom stereocenters. The van der Waals surface area contributed by atoms with E-state index in [-0.39, 0.29) is 5.78 Å². The summed E-state index contributed by atoms with van der Waals surface area (Å²) < 4.78 is 0. The summed E-state index contributed by atoms with van der Waals surface area (Å²) in [7, 11) is 0. The number of rotatable bonds is 1. The zero-order valence-electron chi connectivity index (χ0n) is 7.26. The highest BCUT2D eigenvalue weighted by molar-refractivity contribution is 5.84. The molecule has 0 spiro atoms. The van der Waals surface area contributed by atoms with E-state index in [2.05, 4.69) is 6.92 Å². The van der Waals surface area contributed by atoms with Crippen LogP contribution in [0.4, 0.5) is 0 Å². The molecule has 1 N–H and O–H groups in total. The van der Waals surface area contributed by atoms with Crippen LogP contribution in [-0.2, 0) is 4.79 Å². The molecule has 1 aliphatic rings. The Kier molecular flexibility index (Phi) is 2.33. The average molecular weight is 156 g/mol. The maximum absolute atomic E-state index is 11.0. The third-order valence-corrected chi connectivity index (χ3v) is 2.63. The molecule has 64 valence electrons. The number of Topliss-reactive ketones (excluding diaryl/α,β-unsaturated/α-hetero) is 1. The highest BCUT2D eigenvalue weighted by Gasteiger charge is 2.36. The van der Waals surface area contributed by atoms with Gasteiger partial charge in [0.05, 0.1) is 0 Å². The summed E-state index contributed by atoms with van der Waals surface area (Å²) in [6, 6.07) is 0. The lowest BCUT2D eigenvalue weighted by Gasteiger charge is -2.33. The summed E-state index contributed by atoms with van der Waals surface area (Å²) in [5, 5.41) is 9.77. The molecule has 1 saturated carbocycles. The summed E-state index contributed by atoms with van der Waals surface area (Å²) in [4.78, 5) is 11.0. The SMILES string of the molecule is CC(=O)C1(O)CCCC(C)C1. The van der Waals surface area contributed by atoms with Crippen molar-refractivity contribution in [3.05, 3.63) is 0 Å². The van der Waals surface area contributed by atoms with Crippen LogP contribution in [0.25, 0.3) is 0 Å². The first-order chi connectivity index (χ1) is 5.04. The van der Waals surface area contributed by atoms with Crippen molar-refractivity contribution in [2.45, 2.75) is 45.1 Å². The fourth-order valence-corrected chi connectivity index (χ4v) is 1.84. The van der Waals surface area contributed by atoms with E-state index in [4.69, 9.17) is 0 Å². The van der Waals surface area contributed by atoms with Crippen molar-refractivity contribution in [2.75, 3.05) is 0 Å². The maximum Gasteiger partial charge on any atom is 0.161 e. The van der Waals surface area contributed by atoms with Crippen LogP contribution in [0.3, 0.4) is 0 Å². The van der Waals surface area contributed by atoms with Crippen molar-refractivity contribution in [3.63, 3.8) is 0 Å². The van der Waals surface area contributed by atoms with Gasteiger partial charge in [-0.2, -0.15) is 0 Å². The van der Waals surface area contributed by atoms with Gasteiger partial charge in [-0.15, -0.1) is 0 Å². The summed E-state index contributed by atoms with van der Waals surface area (Å²) in [6.07, 6.45) is 3.45. The lowest BCUT2D eigenvalue weighted by Crippen LogP contribution is -2.41. The molecule has 1 aliphatic carbocycles. The van der Waals surface area contributed by atoms with Crippen LogP contribution in [0.2, 0.25) is 0 Å². The second-order valence-electron chi connectivity index (χ2n) is 3.79. The van der Waals surface area contributed by atoms with E-state index < -0.39 is 5.60 Å². The van der Waals surface area contributed by atoms with Gasteiger partial charge in [0.15, 0.2) is 5.78 Å². The van der Waals surface area contributed by atoms with Crippen LogP contribution < -0.4 is 0 Å². The van der Waals surface area contributed by atoms with Crippen molar-refractivity contribution in [1.29, 1.82) is 0 Å². The van der Waals surface area contributed by atoms with Crippen LogP contribution in [0.1, 0.15) is 39.5 Å². The zero-order valence-corrected chi connectivity index (χ0v) is 7.26. The second kappa shape index (κ2) is 2.94. The molecule has 0 saturated heterocycles. The molecule has 1 rings (SSSR count). The summed E-state index contributed by atoms with van der Waals surface area (Å²) >= 11 is 0. The molecule has 0 aromatic carbocycles. The summed E-state index contributed by atoms with van der Waals surface area (Å²) in [5.41, 5.74) is -0.988. The molecule has 0 radical (unpaired) electrons. The van der Waals surface area contributed by atoms with Crippen molar-refractivity contribution in [1.82, 2.24) is 0 Å². The molecule has 2 nitrogen and oxygen atoms in total. The van der Waals surface area contributed by atoms with E-state index in [1.807, 2.05) is 0 Å². The monoisotopic (exact) mass is 156 g/mol. The Bertz CT molecular complexity index is 165. The Morgan fingerprint density at radius 2 is 2.27 bits per heavy atom. The molecule has 2 heteroatoms. The van der Waals surface area contributed by atoms with Gasteiger partial charge in [0, 0.05) is 0 Å². The lowest BCUT2D eigenvalue weighted by atomic mass is 9.77. The fourth-order valence-electron chi connectivity index (χ4n) is 1.84. The molecular weight excluding hydrogens is 140 g/mol. The van der Waals surface area contributed by atoms with Gasteiger partial charge in [-0.1, -0.05) is 13.3 Å². The van der Waals surface area contributed by atoms with Gasteiger partial charge in [-0.3, -0.25) is 4.79 Å². The van der Waals surface area contributed by atoms with Crippen LogP contribution in [0, 0.1) is 5.92 Å². The highest BCUT2D eigenvalue weighted by atomic mass is 16.3. The number of carbonyl (C=O) groups is 1. The highest BCUT2D eigenvalue weighted by Crippen LogP contribution is 2.32. The van der Waals surface area contributed by atoms with Crippen molar-refractivity contribution in [3.8, 4) is 0 Å². The van der Waals surface area contributed by atoms with E-state index >= 15 is 0 Å². The first-order valence-corrected chi connectivity index (χ1v) is 4.28. The van der Waals surface area contributed by atoms with E-state index in [0.29, 0.717) is 18.8 Å². The minimum Gasteiger partial charge on any atom is -0.382 e. The van der Waals surface area contributed by atoms with Crippen LogP contribution in [-0.4, -0.2) is 16.5 Å². The fraction of sp³-hybridized carbons (Fsp3) is 0.889. The molecule has 0 aromatic rings. The molecule has 0 heterocycles. The second-order valence-corrected chi connectivity index (χ2v) is 3.79. The van der Waals surface area contributed by atoms with Gasteiger partial charge in [0.2, 0.25) is 0 Å². The number of hydrogen-bond donors (Lipinski definition) is 1. The maximum atomic E-state index is 11.0. The van der Waals surface area contributed by atoms with E-state index in [9.17, 15) is 9.90 Å². The molecule has 2 unspecified atom stereocenters. The average Bonchev–Trinajstić information content (AvgIpc) is 1.86. The Balaban J connectivity index is 2.63. The first kappa shape index (κ1) is 8.72. The van der Waals surface area contributed by atoms with Crippen molar-refractivity contribution in [2.24, 2.45) is 5.92 Å². The van der Waals surface area contributed by atoms with Crippen LogP contribution >= 0.6 is 0 Å². The first-order valence-electron chi connectivity index (χ1n) is 4.28. The standard InChI is InChI=1S/C9H16O2/c1-7-4-3-5-9(11,6-7)8(2)10/h7,11H,3-6H2,1-2H3. The van der Waals surface area contributed by atoms with E-state index in [1.54, 1.807) is 0 Å². The smallest absolute Gasteiger partial charge is 0.161 e. The van der Waals surface area contributed by atoms with E-state index in [0.717, 1.165) is 12.8 Å². The van der Waals surface area contributed by atoms with Crippen LogP contribution in [0.5, 0.6) is 0 Å². The lowest BCUT2D eigenvalue weighted by molar-refractivity contribution is -0.139. The van der Waals surface area contributed by atoms with Gasteiger partial charge in [0.1, 0.15) is 5.60 Å². The van der Waals surface area contributed by atoms with Gasteiger partial charge >= 0.3 is 0 Å². The Morgan fingerprint density at radius 1 is 1.64 bits per heavy atom. The number of hydrogen-bond acceptors (Lipinski definition) is 2. The topological polar surface area (TPSA) is 37.3 Å². The molecule has 0 aliphatic heterocycles. The van der Waals surface area contributed by atoms with Crippen molar-refractivity contribution >= 4 is 5.78 Å². The van der Waals surface area contributed by atoms with Gasteiger partial charge in [0.25, 0.3) is 0 Å². The number of aliphatic hydroxyl groups is 1. The summed E-state index contributed by atoms with van der Waals surface area (Å²) in [5.74, 6) is 0.432. The Hall–Kier alpha value is -0.370. The van der Waals surface area contributed by atoms with Gasteiger partial charge in [-0.25, -0.2) is 0 Å².